The summed E-state index contributed by atoms with van der Waals surface area (Å²) in [7, 11) is 0. The van der Waals surface area contributed by atoms with Crippen LogP contribution in [0.15, 0.2) is 24.3 Å². The number of carbonyl (C=O) groups is 1. The first-order valence-corrected chi connectivity index (χ1v) is 11.1. The van der Waals surface area contributed by atoms with Gasteiger partial charge in [-0.15, -0.1) is 5.10 Å². The number of esters is 1. The minimum Gasteiger partial charge on any atom is -0.492 e. The van der Waals surface area contributed by atoms with Crippen LogP contribution in [0.4, 0.5) is 4.39 Å². The molecular weight excluding hydrogens is 407 g/mol. The van der Waals surface area contributed by atoms with Gasteiger partial charge < -0.3 is 9.84 Å². The van der Waals surface area contributed by atoms with Crippen LogP contribution in [0, 0.1) is 11.7 Å². The van der Waals surface area contributed by atoms with E-state index in [9.17, 15) is 14.3 Å². The number of ether oxygens (including phenoxy) is 1. The largest absolute Gasteiger partial charge is 0.492 e. The van der Waals surface area contributed by atoms with Gasteiger partial charge in [0.15, 0.2) is 5.82 Å². The van der Waals surface area contributed by atoms with Crippen molar-refractivity contribution in [3.63, 3.8) is 0 Å². The second kappa shape index (κ2) is 8.69. The van der Waals surface area contributed by atoms with Crippen LogP contribution in [-0.4, -0.2) is 50.3 Å². The maximum atomic E-state index is 14.1. The topological polar surface area (TPSA) is 80.0 Å². The molecule has 2 aromatic heterocycles. The second-order valence-corrected chi connectivity index (χ2v) is 8.42. The number of aromatic hydroxyl groups is 1. The van der Waals surface area contributed by atoms with Crippen molar-refractivity contribution in [2.45, 2.75) is 39.2 Å². The molecule has 4 rings (SSSR count). The Kier molecular flexibility index (Phi) is 6.01. The summed E-state index contributed by atoms with van der Waals surface area (Å²) in [6.45, 7) is 5.30. The zero-order chi connectivity index (χ0) is 21.3. The van der Waals surface area contributed by atoms with Gasteiger partial charge in [0.1, 0.15) is 5.82 Å². The minimum absolute atomic E-state index is 0.00900. The molecule has 1 fully saturated rings. The fourth-order valence-corrected chi connectivity index (χ4v) is 5.15. The van der Waals surface area contributed by atoms with E-state index in [2.05, 4.69) is 15.0 Å². The summed E-state index contributed by atoms with van der Waals surface area (Å²) < 4.78 is 20.7. The SMILES string of the molecule is CCOC(=O)[C@H]1CCCN([C@@H](c2cccc(F)c2)c2sc3nc(CC)nn3c2O)C1. The van der Waals surface area contributed by atoms with Crippen LogP contribution < -0.4 is 0 Å². The van der Waals surface area contributed by atoms with Crippen molar-refractivity contribution >= 4 is 22.3 Å². The summed E-state index contributed by atoms with van der Waals surface area (Å²) >= 11 is 1.34. The molecule has 2 atom stereocenters. The fourth-order valence-electron chi connectivity index (χ4n) is 4.02. The van der Waals surface area contributed by atoms with E-state index in [0.29, 0.717) is 35.2 Å². The first-order valence-electron chi connectivity index (χ1n) is 10.2. The summed E-state index contributed by atoms with van der Waals surface area (Å²) in [5.41, 5.74) is 0.718. The quantitative estimate of drug-likeness (QED) is 0.600. The van der Waals surface area contributed by atoms with Gasteiger partial charge in [-0.2, -0.15) is 4.52 Å². The highest BCUT2D eigenvalue weighted by atomic mass is 32.1. The average Bonchev–Trinajstić information content (AvgIpc) is 3.28. The van der Waals surface area contributed by atoms with Crippen molar-refractivity contribution in [3.8, 4) is 5.88 Å². The molecule has 3 aromatic rings. The molecule has 0 spiro atoms. The highest BCUT2D eigenvalue weighted by molar-refractivity contribution is 7.17. The fraction of sp³-hybridized carbons (Fsp3) is 0.476. The van der Waals surface area contributed by atoms with Gasteiger partial charge in [-0.05, 0) is 44.0 Å². The summed E-state index contributed by atoms with van der Waals surface area (Å²) in [5, 5.41) is 15.3. The van der Waals surface area contributed by atoms with Gasteiger partial charge in [-0.25, -0.2) is 9.37 Å². The summed E-state index contributed by atoms with van der Waals surface area (Å²) in [6, 6.07) is 5.97. The van der Waals surface area contributed by atoms with Gasteiger partial charge in [0.2, 0.25) is 10.8 Å². The number of halogens is 1. The number of likely N-dealkylation sites (tertiary alicyclic amines) is 1. The van der Waals surface area contributed by atoms with E-state index in [-0.39, 0.29) is 23.6 Å². The Labute approximate surface area is 178 Å². The molecule has 160 valence electrons. The smallest absolute Gasteiger partial charge is 0.310 e. The molecule has 9 heteroatoms. The summed E-state index contributed by atoms with van der Waals surface area (Å²) in [4.78, 5) is 20.2. The number of benzene rings is 1. The lowest BCUT2D eigenvalue weighted by Crippen LogP contribution is -2.41. The van der Waals surface area contributed by atoms with Gasteiger partial charge in [-0.3, -0.25) is 9.69 Å². The normalized spacial score (nSPS) is 18.6. The molecule has 7 nitrogen and oxygen atoms in total. The zero-order valence-electron chi connectivity index (χ0n) is 17.0. The molecule has 1 aliphatic heterocycles. The highest BCUT2D eigenvalue weighted by Crippen LogP contribution is 2.41. The van der Waals surface area contributed by atoms with Crippen LogP contribution in [-0.2, 0) is 16.0 Å². The van der Waals surface area contributed by atoms with E-state index in [1.165, 1.54) is 28.0 Å². The van der Waals surface area contributed by atoms with Gasteiger partial charge in [-0.1, -0.05) is 30.4 Å². The van der Waals surface area contributed by atoms with E-state index in [0.717, 1.165) is 24.9 Å². The van der Waals surface area contributed by atoms with Crippen molar-refractivity contribution in [1.82, 2.24) is 19.5 Å². The predicted molar refractivity (Wildman–Crippen MR) is 111 cm³/mol. The van der Waals surface area contributed by atoms with Crippen molar-refractivity contribution in [1.29, 1.82) is 0 Å². The molecule has 1 aromatic carbocycles. The zero-order valence-corrected chi connectivity index (χ0v) is 17.9. The molecule has 1 saturated heterocycles. The number of hydrogen-bond acceptors (Lipinski definition) is 7. The van der Waals surface area contributed by atoms with Crippen LogP contribution in [0.5, 0.6) is 5.88 Å². The molecule has 0 unspecified atom stereocenters. The number of nitrogens with zero attached hydrogens (tertiary/aromatic N) is 4. The van der Waals surface area contributed by atoms with Gasteiger partial charge in [0.05, 0.1) is 23.4 Å². The molecule has 0 amide bonds. The molecular formula is C21H25FN4O3S. The molecule has 0 radical (unpaired) electrons. The molecule has 0 aliphatic carbocycles. The number of carbonyl (C=O) groups excluding carboxylic acids is 1. The van der Waals surface area contributed by atoms with E-state index < -0.39 is 6.04 Å². The Morgan fingerprint density at radius 2 is 2.27 bits per heavy atom. The molecule has 1 N–H and O–H groups in total. The number of piperidine rings is 1. The van der Waals surface area contributed by atoms with Crippen molar-refractivity contribution in [2.75, 3.05) is 19.7 Å². The number of thiazole rings is 1. The van der Waals surface area contributed by atoms with E-state index in [1.807, 2.05) is 13.0 Å². The van der Waals surface area contributed by atoms with E-state index in [4.69, 9.17) is 4.74 Å². The Morgan fingerprint density at radius 3 is 2.97 bits per heavy atom. The van der Waals surface area contributed by atoms with E-state index >= 15 is 0 Å². The lowest BCUT2D eigenvalue weighted by molar-refractivity contribution is -0.150. The number of aryl methyl sites for hydroxylation is 1. The Hall–Kier alpha value is -2.52. The van der Waals surface area contributed by atoms with Gasteiger partial charge >= 0.3 is 5.97 Å². The third kappa shape index (κ3) is 3.91. The van der Waals surface area contributed by atoms with Crippen LogP contribution in [0.3, 0.4) is 0 Å². The monoisotopic (exact) mass is 432 g/mol. The molecule has 3 heterocycles. The second-order valence-electron chi connectivity index (χ2n) is 7.41. The lowest BCUT2D eigenvalue weighted by atomic mass is 9.94. The minimum atomic E-state index is -0.406. The molecule has 1 aliphatic rings. The summed E-state index contributed by atoms with van der Waals surface area (Å²) in [6.07, 6.45) is 2.24. The first kappa shape index (κ1) is 20.7. The Bertz CT molecular complexity index is 1050. The number of rotatable bonds is 6. The van der Waals surface area contributed by atoms with Gasteiger partial charge in [0, 0.05) is 13.0 Å². The van der Waals surface area contributed by atoms with Crippen LogP contribution in [0.1, 0.15) is 49.0 Å². The number of fused-ring (bicyclic) bond motifs is 1. The van der Waals surface area contributed by atoms with Crippen LogP contribution >= 0.6 is 11.3 Å². The number of aromatic nitrogens is 3. The third-order valence-corrected chi connectivity index (χ3v) is 6.48. The Morgan fingerprint density at radius 1 is 1.43 bits per heavy atom. The number of hydrogen-bond donors (Lipinski definition) is 1. The van der Waals surface area contributed by atoms with Crippen molar-refractivity contribution < 1.29 is 19.0 Å². The molecule has 0 bridgehead atoms. The summed E-state index contributed by atoms with van der Waals surface area (Å²) in [5.74, 6) is -0.130. The predicted octanol–water partition coefficient (Wildman–Crippen LogP) is 3.56. The lowest BCUT2D eigenvalue weighted by Gasteiger charge is -2.37. The highest BCUT2D eigenvalue weighted by Gasteiger charge is 2.35. The van der Waals surface area contributed by atoms with Gasteiger partial charge in [0.25, 0.3) is 0 Å². The van der Waals surface area contributed by atoms with Crippen molar-refractivity contribution in [3.05, 3.63) is 46.3 Å². The first-order chi connectivity index (χ1) is 14.5. The van der Waals surface area contributed by atoms with Crippen molar-refractivity contribution in [2.24, 2.45) is 5.92 Å². The maximum Gasteiger partial charge on any atom is 0.310 e. The van der Waals surface area contributed by atoms with E-state index in [1.54, 1.807) is 13.0 Å². The molecule has 0 saturated carbocycles. The van der Waals surface area contributed by atoms with Crippen LogP contribution in [0.25, 0.3) is 4.96 Å². The van der Waals surface area contributed by atoms with Crippen LogP contribution in [0.2, 0.25) is 0 Å². The maximum absolute atomic E-state index is 14.1. The Balaban J connectivity index is 1.75. The standard InChI is InChI=1S/C21H25FN4O3S/c1-3-16-23-21-26(24-16)19(27)18(30-21)17(13-7-5-9-15(22)11-13)25-10-6-8-14(12-25)20(28)29-4-2/h5,7,9,11,14,17,27H,3-4,6,8,10,12H2,1-2H3/t14-,17-/m0/s1. The third-order valence-electron chi connectivity index (χ3n) is 5.41. The molecule has 30 heavy (non-hydrogen) atoms. The average molecular weight is 433 g/mol.